The van der Waals surface area contributed by atoms with E-state index in [1.54, 1.807) is 42.5 Å². The van der Waals surface area contributed by atoms with Crippen LogP contribution >= 0.6 is 0 Å². The Kier molecular flexibility index (Phi) is 5.51. The highest BCUT2D eigenvalue weighted by Gasteiger charge is 2.31. The number of phenolic OH excluding ortho intramolecular Hbond substituents is 3. The maximum Gasteiger partial charge on any atom is 0.306 e. The normalized spacial score (nSPS) is 11.9. The van der Waals surface area contributed by atoms with Crippen LogP contribution in [-0.2, 0) is 9.53 Å². The molecule has 162 valence electrons. The highest BCUT2D eigenvalue weighted by Crippen LogP contribution is 2.49. The Morgan fingerprint density at radius 2 is 1.72 bits per heavy atom. The number of carbonyl (C=O) groups is 1. The summed E-state index contributed by atoms with van der Waals surface area (Å²) in [5.41, 5.74) is 0.361. The van der Waals surface area contributed by atoms with Gasteiger partial charge in [-0.15, -0.1) is 0 Å². The Morgan fingerprint density at radius 1 is 1.03 bits per heavy atom. The van der Waals surface area contributed by atoms with Gasteiger partial charge < -0.3 is 24.5 Å². The fourth-order valence-electron chi connectivity index (χ4n) is 3.67. The van der Waals surface area contributed by atoms with Gasteiger partial charge in [0, 0.05) is 35.5 Å². The van der Waals surface area contributed by atoms with E-state index in [2.05, 4.69) is 4.98 Å². The minimum absolute atomic E-state index is 0.0261. The van der Waals surface area contributed by atoms with E-state index >= 15 is 0 Å². The summed E-state index contributed by atoms with van der Waals surface area (Å²) in [6, 6.07) is 13.3. The van der Waals surface area contributed by atoms with Crippen molar-refractivity contribution in [3.8, 4) is 28.6 Å². The fraction of sp³-hybridized carbons (Fsp3) is 0.125. The number of fused-ring (bicyclic) bond motifs is 1. The number of rotatable bonds is 5. The van der Waals surface area contributed by atoms with Crippen molar-refractivity contribution in [3.63, 3.8) is 0 Å². The molecule has 0 saturated carbocycles. The molecule has 0 unspecified atom stereocenters. The molecule has 2 heterocycles. The van der Waals surface area contributed by atoms with Crippen molar-refractivity contribution < 1.29 is 29.3 Å². The van der Waals surface area contributed by atoms with Crippen molar-refractivity contribution >= 4 is 16.9 Å². The van der Waals surface area contributed by atoms with Crippen LogP contribution in [0, 0.1) is 0 Å². The average molecular weight is 433 g/mol. The van der Waals surface area contributed by atoms with E-state index in [4.69, 9.17) is 9.15 Å². The monoisotopic (exact) mass is 433 g/mol. The van der Waals surface area contributed by atoms with E-state index in [1.165, 1.54) is 25.6 Å². The van der Waals surface area contributed by atoms with Gasteiger partial charge >= 0.3 is 5.97 Å². The predicted octanol–water partition coefficient (Wildman–Crippen LogP) is 3.67. The third-order valence-electron chi connectivity index (χ3n) is 5.25. The van der Waals surface area contributed by atoms with Gasteiger partial charge in [0.2, 0.25) is 5.75 Å². The molecule has 0 spiro atoms. The zero-order valence-electron chi connectivity index (χ0n) is 17.0. The summed E-state index contributed by atoms with van der Waals surface area (Å²) in [6.07, 6.45) is 2.78. The van der Waals surface area contributed by atoms with Gasteiger partial charge in [0.1, 0.15) is 16.7 Å². The van der Waals surface area contributed by atoms with Crippen molar-refractivity contribution in [2.75, 3.05) is 7.11 Å². The largest absolute Gasteiger partial charge is 0.504 e. The molecule has 2 aromatic carbocycles. The van der Waals surface area contributed by atoms with E-state index in [-0.39, 0.29) is 28.7 Å². The zero-order valence-corrected chi connectivity index (χ0v) is 17.0. The highest BCUT2D eigenvalue weighted by atomic mass is 16.5. The number of esters is 1. The summed E-state index contributed by atoms with van der Waals surface area (Å²) in [5.74, 6) is -3.64. The van der Waals surface area contributed by atoms with Crippen LogP contribution in [0.4, 0.5) is 0 Å². The molecule has 2 aromatic heterocycles. The summed E-state index contributed by atoms with van der Waals surface area (Å²) in [7, 11) is 1.23. The van der Waals surface area contributed by atoms with Crippen LogP contribution in [0.5, 0.6) is 17.2 Å². The molecular formula is C24H19NO7. The Bertz CT molecular complexity index is 1350. The molecule has 0 aliphatic carbocycles. The minimum Gasteiger partial charge on any atom is -0.504 e. The van der Waals surface area contributed by atoms with Gasteiger partial charge in [0.05, 0.1) is 13.5 Å². The molecule has 8 heteroatoms. The predicted molar refractivity (Wildman–Crippen MR) is 116 cm³/mol. The number of ether oxygens (including phenoxy) is 1. The van der Waals surface area contributed by atoms with Gasteiger partial charge in [0.25, 0.3) is 0 Å². The molecule has 32 heavy (non-hydrogen) atoms. The molecule has 0 fully saturated rings. The number of aromatic nitrogens is 1. The Hall–Kier alpha value is -4.33. The van der Waals surface area contributed by atoms with Crippen LogP contribution in [0.15, 0.2) is 70.1 Å². The summed E-state index contributed by atoms with van der Waals surface area (Å²) < 4.78 is 10.8. The van der Waals surface area contributed by atoms with Gasteiger partial charge in [-0.1, -0.05) is 30.3 Å². The quantitative estimate of drug-likeness (QED) is 0.321. The molecule has 0 saturated heterocycles. The molecule has 4 rings (SSSR count). The van der Waals surface area contributed by atoms with Gasteiger partial charge in [-0.05, 0) is 17.7 Å². The zero-order chi connectivity index (χ0) is 22.8. The maximum atomic E-state index is 12.9. The summed E-state index contributed by atoms with van der Waals surface area (Å²) in [5, 5.41) is 31.3. The van der Waals surface area contributed by atoms with Crippen LogP contribution in [-0.4, -0.2) is 33.4 Å². The molecule has 0 aliphatic heterocycles. The first-order valence-corrected chi connectivity index (χ1v) is 9.69. The molecule has 0 aliphatic rings. The molecule has 0 amide bonds. The van der Waals surface area contributed by atoms with Crippen LogP contribution in [0.25, 0.3) is 22.3 Å². The van der Waals surface area contributed by atoms with Crippen LogP contribution < -0.4 is 5.43 Å². The molecule has 1 atom stereocenters. The van der Waals surface area contributed by atoms with Crippen molar-refractivity contribution in [2.24, 2.45) is 0 Å². The number of nitrogens with zero attached hydrogens (tertiary/aromatic N) is 1. The SMILES string of the molecule is COC(=O)C[C@@H](c1ccncc1)c1c(O)c(O)c(O)c2c(=O)cc(-c3ccccc3)oc12. The van der Waals surface area contributed by atoms with Gasteiger partial charge in [-0.2, -0.15) is 0 Å². The van der Waals surface area contributed by atoms with Gasteiger partial charge in [0.15, 0.2) is 16.9 Å². The average Bonchev–Trinajstić information content (AvgIpc) is 2.82. The summed E-state index contributed by atoms with van der Waals surface area (Å²) in [6.45, 7) is 0. The number of benzene rings is 2. The molecular weight excluding hydrogens is 414 g/mol. The third-order valence-corrected chi connectivity index (χ3v) is 5.25. The molecule has 4 aromatic rings. The first kappa shape index (κ1) is 20.9. The van der Waals surface area contributed by atoms with Crippen molar-refractivity contribution in [2.45, 2.75) is 12.3 Å². The Morgan fingerprint density at radius 3 is 2.38 bits per heavy atom. The standard InChI is InChI=1S/C24H19NO7/c1-31-18(27)11-15(13-7-9-25-10-8-13)19-21(28)23(30)22(29)20-16(26)12-17(32-24(19)20)14-5-3-2-4-6-14/h2-10,12,15,28-30H,11H2,1H3/t15-/m0/s1. The Balaban J connectivity index is 2.09. The van der Waals surface area contributed by atoms with Crippen molar-refractivity contribution in [3.05, 3.63) is 82.3 Å². The van der Waals surface area contributed by atoms with E-state index < -0.39 is 34.6 Å². The minimum atomic E-state index is -0.879. The van der Waals surface area contributed by atoms with E-state index in [9.17, 15) is 24.9 Å². The van der Waals surface area contributed by atoms with E-state index in [1.807, 2.05) is 0 Å². The molecule has 0 radical (unpaired) electrons. The lowest BCUT2D eigenvalue weighted by Gasteiger charge is -2.20. The van der Waals surface area contributed by atoms with E-state index in [0.29, 0.717) is 11.1 Å². The second-order valence-electron chi connectivity index (χ2n) is 7.12. The third kappa shape index (κ3) is 3.62. The second-order valence-corrected chi connectivity index (χ2v) is 7.12. The highest BCUT2D eigenvalue weighted by molar-refractivity contribution is 5.93. The van der Waals surface area contributed by atoms with Crippen molar-refractivity contribution in [1.82, 2.24) is 4.98 Å². The lowest BCUT2D eigenvalue weighted by atomic mass is 9.86. The number of methoxy groups -OCH3 is 1. The smallest absolute Gasteiger partial charge is 0.306 e. The summed E-state index contributed by atoms with van der Waals surface area (Å²) in [4.78, 5) is 29.1. The van der Waals surface area contributed by atoms with E-state index in [0.717, 1.165) is 0 Å². The number of hydrogen-bond acceptors (Lipinski definition) is 8. The Labute approximate surface area is 182 Å². The number of hydrogen-bond donors (Lipinski definition) is 3. The van der Waals surface area contributed by atoms with Crippen LogP contribution in [0.1, 0.15) is 23.5 Å². The maximum absolute atomic E-state index is 12.9. The molecule has 0 bridgehead atoms. The number of pyridine rings is 1. The van der Waals surface area contributed by atoms with Crippen LogP contribution in [0.2, 0.25) is 0 Å². The topological polar surface area (TPSA) is 130 Å². The fourth-order valence-corrected chi connectivity index (χ4v) is 3.67. The number of aromatic hydroxyl groups is 3. The number of carbonyl (C=O) groups excluding carboxylic acids is 1. The number of phenols is 3. The van der Waals surface area contributed by atoms with Crippen molar-refractivity contribution in [1.29, 1.82) is 0 Å². The molecule has 3 N–H and O–H groups in total. The second kappa shape index (κ2) is 8.43. The summed E-state index contributed by atoms with van der Waals surface area (Å²) >= 11 is 0. The lowest BCUT2D eigenvalue weighted by Crippen LogP contribution is -2.12. The van der Waals surface area contributed by atoms with Gasteiger partial charge in [-0.25, -0.2) is 0 Å². The first-order valence-electron chi connectivity index (χ1n) is 9.69. The molecule has 8 nitrogen and oxygen atoms in total. The van der Waals surface area contributed by atoms with Crippen LogP contribution in [0.3, 0.4) is 0 Å². The lowest BCUT2D eigenvalue weighted by molar-refractivity contribution is -0.140. The first-order chi connectivity index (χ1) is 15.4. The van der Waals surface area contributed by atoms with Gasteiger partial charge in [-0.3, -0.25) is 14.6 Å².